The Labute approximate surface area is 235 Å². The molecule has 2 aromatic heterocycles. The van der Waals surface area contributed by atoms with Gasteiger partial charge in [0.2, 0.25) is 0 Å². The molecular weight excluding hydrogens is 495 g/mol. The lowest BCUT2D eigenvalue weighted by atomic mass is 9.34. The molecule has 0 amide bonds. The molecule has 0 bridgehead atoms. The first-order valence-corrected chi connectivity index (χ1v) is 14.4. The fraction of sp³-hybridized carbons (Fsp3) is 0. The molecule has 0 N–H and O–H groups in total. The Kier molecular flexibility index (Phi) is 3.46. The van der Waals surface area contributed by atoms with Crippen LogP contribution in [0, 0.1) is 0 Å². The summed E-state index contributed by atoms with van der Waals surface area (Å²) < 4.78 is 5.15. The Bertz CT molecular complexity index is 2650. The predicted octanol–water partition coefficient (Wildman–Crippen LogP) is 7.33. The van der Waals surface area contributed by atoms with Gasteiger partial charge in [-0.05, 0) is 50.7 Å². The van der Waals surface area contributed by atoms with Crippen LogP contribution in [-0.4, -0.2) is 15.8 Å². The van der Waals surface area contributed by atoms with Crippen molar-refractivity contribution in [3.8, 4) is 11.4 Å². The Balaban J connectivity index is 1.49. The van der Waals surface area contributed by atoms with E-state index >= 15 is 0 Å². The van der Waals surface area contributed by atoms with Crippen molar-refractivity contribution in [1.29, 1.82) is 0 Å². The van der Waals surface area contributed by atoms with Crippen LogP contribution >= 0.6 is 0 Å². The molecule has 186 valence electrons. The highest BCUT2D eigenvalue weighted by Gasteiger charge is 2.41. The van der Waals surface area contributed by atoms with E-state index in [0.717, 1.165) is 0 Å². The first-order valence-electron chi connectivity index (χ1n) is 14.4. The average molecular weight is 516 g/mol. The van der Waals surface area contributed by atoms with E-state index in [4.69, 9.17) is 0 Å². The quantitative estimate of drug-likeness (QED) is 0.187. The molecule has 0 saturated heterocycles. The van der Waals surface area contributed by atoms with Gasteiger partial charge in [0, 0.05) is 38.1 Å². The number of fused-ring (bicyclic) bond motifs is 14. The van der Waals surface area contributed by atoms with E-state index in [9.17, 15) is 0 Å². The molecule has 4 heterocycles. The second kappa shape index (κ2) is 6.89. The summed E-state index contributed by atoms with van der Waals surface area (Å²) >= 11 is 0. The second-order valence-electron chi connectivity index (χ2n) is 11.7. The monoisotopic (exact) mass is 516 g/mol. The van der Waals surface area contributed by atoms with Gasteiger partial charge < -0.3 is 9.13 Å². The van der Waals surface area contributed by atoms with Crippen LogP contribution in [0.5, 0.6) is 0 Å². The average Bonchev–Trinajstić information content (AvgIpc) is 3.56. The van der Waals surface area contributed by atoms with Crippen molar-refractivity contribution < 1.29 is 0 Å². The summed E-state index contributed by atoms with van der Waals surface area (Å²) in [5.41, 5.74) is 12.1. The fourth-order valence-corrected chi connectivity index (χ4v) is 8.37. The molecule has 0 saturated carbocycles. The van der Waals surface area contributed by atoms with Crippen LogP contribution < -0.4 is 16.4 Å². The van der Waals surface area contributed by atoms with Gasteiger partial charge in [0.15, 0.2) is 0 Å². The summed E-state index contributed by atoms with van der Waals surface area (Å²) in [7, 11) is 0. The lowest BCUT2D eigenvalue weighted by Crippen LogP contribution is -2.59. The summed E-state index contributed by atoms with van der Waals surface area (Å²) in [4.78, 5) is 0. The van der Waals surface area contributed by atoms with Crippen molar-refractivity contribution in [3.63, 3.8) is 0 Å². The van der Waals surface area contributed by atoms with Gasteiger partial charge in [-0.3, -0.25) is 0 Å². The maximum Gasteiger partial charge on any atom is 0.252 e. The van der Waals surface area contributed by atoms with Crippen LogP contribution in [-0.2, 0) is 0 Å². The Morgan fingerprint density at radius 1 is 0.439 bits per heavy atom. The van der Waals surface area contributed by atoms with Gasteiger partial charge in [0.1, 0.15) is 0 Å². The summed E-state index contributed by atoms with van der Waals surface area (Å²) in [6, 6.07) is 47.7. The van der Waals surface area contributed by atoms with Gasteiger partial charge in [-0.2, -0.15) is 0 Å². The third-order valence-electron chi connectivity index (χ3n) is 9.83. The first-order chi connectivity index (χ1) is 20.4. The molecule has 0 unspecified atom stereocenters. The van der Waals surface area contributed by atoms with E-state index in [1.54, 1.807) is 0 Å². The number of rotatable bonds is 0. The summed E-state index contributed by atoms with van der Waals surface area (Å²) in [5, 5.41) is 10.6. The van der Waals surface area contributed by atoms with Crippen molar-refractivity contribution in [2.24, 2.45) is 0 Å². The minimum atomic E-state index is 0.147. The molecule has 11 rings (SSSR count). The zero-order chi connectivity index (χ0) is 26.4. The van der Waals surface area contributed by atoms with Crippen molar-refractivity contribution >= 4 is 88.3 Å². The smallest absolute Gasteiger partial charge is 0.252 e. The minimum absolute atomic E-state index is 0.147. The molecule has 2 nitrogen and oxygen atoms in total. The van der Waals surface area contributed by atoms with Crippen LogP contribution in [0.3, 0.4) is 0 Å². The summed E-state index contributed by atoms with van der Waals surface area (Å²) in [5.74, 6) is 0. The van der Waals surface area contributed by atoms with E-state index in [1.807, 2.05) is 0 Å². The molecule has 0 atom stereocenters. The van der Waals surface area contributed by atoms with Crippen LogP contribution in [0.1, 0.15) is 0 Å². The van der Waals surface area contributed by atoms with E-state index in [1.165, 1.54) is 92.9 Å². The lowest BCUT2D eigenvalue weighted by Gasteiger charge is -2.34. The fourth-order valence-electron chi connectivity index (χ4n) is 8.37. The van der Waals surface area contributed by atoms with Crippen molar-refractivity contribution in [2.75, 3.05) is 0 Å². The maximum atomic E-state index is 2.58. The standard InChI is InChI=1S/C38H21BN2/c1-3-12-24-22(10-1)20-30-38-34(24)28-15-6-8-19-32(28)40(38)33-21-23-11-2-4-13-25(23)37-35(33)39(30)29-17-9-16-27-26-14-5-7-18-31(26)41(37)36(27)29/h1-21H. The normalized spacial score (nSPS) is 13.3. The molecule has 7 aromatic carbocycles. The first kappa shape index (κ1) is 20.6. The van der Waals surface area contributed by atoms with Gasteiger partial charge in [-0.1, -0.05) is 109 Å². The third kappa shape index (κ3) is 2.24. The number of hydrogen-bond acceptors (Lipinski definition) is 0. The van der Waals surface area contributed by atoms with E-state index in [-0.39, 0.29) is 6.71 Å². The van der Waals surface area contributed by atoms with E-state index in [0.29, 0.717) is 0 Å². The van der Waals surface area contributed by atoms with Crippen LogP contribution in [0.2, 0.25) is 0 Å². The number of benzene rings is 7. The molecule has 9 aromatic rings. The summed E-state index contributed by atoms with van der Waals surface area (Å²) in [6.45, 7) is 0.147. The lowest BCUT2D eigenvalue weighted by molar-refractivity contribution is 1.16. The van der Waals surface area contributed by atoms with Gasteiger partial charge in [0.25, 0.3) is 6.71 Å². The van der Waals surface area contributed by atoms with Gasteiger partial charge >= 0.3 is 0 Å². The SMILES string of the molecule is c1ccc2c3c4c(cc2c1)-n1c2ccccc2c2c5ccccc5cc(c21)B4c1cccc2c4ccccc4n-3c12. The maximum absolute atomic E-state index is 2.58. The molecule has 3 heteroatoms. The molecule has 0 fully saturated rings. The number of aromatic nitrogens is 2. The Morgan fingerprint density at radius 2 is 1.07 bits per heavy atom. The van der Waals surface area contributed by atoms with E-state index < -0.39 is 0 Å². The van der Waals surface area contributed by atoms with Crippen molar-refractivity contribution in [3.05, 3.63) is 127 Å². The molecular formula is C38H21BN2. The van der Waals surface area contributed by atoms with Gasteiger partial charge in [-0.25, -0.2) is 0 Å². The topological polar surface area (TPSA) is 9.86 Å². The van der Waals surface area contributed by atoms with Crippen LogP contribution in [0.4, 0.5) is 0 Å². The van der Waals surface area contributed by atoms with Crippen LogP contribution in [0.15, 0.2) is 127 Å². The van der Waals surface area contributed by atoms with Gasteiger partial charge in [-0.15, -0.1) is 0 Å². The van der Waals surface area contributed by atoms with Gasteiger partial charge in [0.05, 0.1) is 22.2 Å². The zero-order valence-corrected chi connectivity index (χ0v) is 22.1. The Morgan fingerprint density at radius 3 is 1.90 bits per heavy atom. The molecule has 41 heavy (non-hydrogen) atoms. The van der Waals surface area contributed by atoms with Crippen molar-refractivity contribution in [2.45, 2.75) is 0 Å². The molecule has 2 aliphatic heterocycles. The highest BCUT2D eigenvalue weighted by Crippen LogP contribution is 2.42. The second-order valence-corrected chi connectivity index (χ2v) is 11.7. The number of para-hydroxylation sites is 3. The number of hydrogen-bond donors (Lipinski definition) is 0. The third-order valence-corrected chi connectivity index (χ3v) is 9.83. The van der Waals surface area contributed by atoms with Crippen LogP contribution in [0.25, 0.3) is 76.5 Å². The highest BCUT2D eigenvalue weighted by atomic mass is 15.0. The van der Waals surface area contributed by atoms with Crippen molar-refractivity contribution in [1.82, 2.24) is 9.13 Å². The summed E-state index contributed by atoms with van der Waals surface area (Å²) in [6.07, 6.45) is 0. The number of nitrogens with zero attached hydrogens (tertiary/aromatic N) is 2. The molecule has 0 aliphatic carbocycles. The zero-order valence-electron chi connectivity index (χ0n) is 22.1. The molecule has 2 aliphatic rings. The molecule has 0 spiro atoms. The van der Waals surface area contributed by atoms with E-state index in [2.05, 4.69) is 137 Å². The molecule has 0 radical (unpaired) electrons. The largest absolute Gasteiger partial charge is 0.310 e. The predicted molar refractivity (Wildman–Crippen MR) is 175 cm³/mol. The highest BCUT2D eigenvalue weighted by molar-refractivity contribution is 7.00. The Hall–Kier alpha value is -5.28. The minimum Gasteiger partial charge on any atom is -0.310 e.